The number of aliphatic hydroxyl groups is 1. The number of piperidine rings is 1. The third kappa shape index (κ3) is 1.49. The Kier molecular flexibility index (Phi) is 2.58. The Labute approximate surface area is 79.7 Å². The van der Waals surface area contributed by atoms with Crippen molar-refractivity contribution in [2.24, 2.45) is 17.1 Å². The monoisotopic (exact) mass is 184 g/mol. The van der Waals surface area contributed by atoms with Crippen molar-refractivity contribution in [1.82, 2.24) is 5.32 Å². The lowest BCUT2D eigenvalue weighted by atomic mass is 9.74. The fraction of sp³-hybridized carbons (Fsp3) is 1.00. The smallest absolute Gasteiger partial charge is 0.0474 e. The molecular weight excluding hydrogens is 164 g/mol. The molecule has 2 atom stereocenters. The summed E-state index contributed by atoms with van der Waals surface area (Å²) >= 11 is 0. The van der Waals surface area contributed by atoms with E-state index in [4.69, 9.17) is 10.8 Å². The van der Waals surface area contributed by atoms with Crippen LogP contribution in [0.2, 0.25) is 0 Å². The maximum absolute atomic E-state index is 9.15. The van der Waals surface area contributed by atoms with Gasteiger partial charge in [-0.05, 0) is 50.1 Å². The highest BCUT2D eigenvalue weighted by Crippen LogP contribution is 2.46. The minimum Gasteiger partial charge on any atom is -0.396 e. The number of nitrogens with two attached hydrogens (primary N) is 1. The first-order valence-electron chi connectivity index (χ1n) is 5.36. The van der Waals surface area contributed by atoms with Crippen LogP contribution >= 0.6 is 0 Å². The molecular formula is C10H20N2O. The van der Waals surface area contributed by atoms with Crippen molar-refractivity contribution in [3.05, 3.63) is 0 Å². The summed E-state index contributed by atoms with van der Waals surface area (Å²) in [7, 11) is 0. The molecule has 0 radical (unpaired) electrons. The second-order valence-electron chi connectivity index (χ2n) is 4.62. The topological polar surface area (TPSA) is 58.3 Å². The molecule has 0 amide bonds. The van der Waals surface area contributed by atoms with E-state index in [0.29, 0.717) is 11.3 Å². The van der Waals surface area contributed by atoms with E-state index in [9.17, 15) is 0 Å². The Hall–Kier alpha value is -0.120. The maximum atomic E-state index is 9.15. The Balaban J connectivity index is 2.06. The minimum atomic E-state index is 0.236. The molecule has 0 aromatic carbocycles. The molecule has 3 heteroatoms. The molecule has 76 valence electrons. The van der Waals surface area contributed by atoms with E-state index in [-0.39, 0.29) is 12.6 Å². The summed E-state index contributed by atoms with van der Waals surface area (Å²) in [6.45, 7) is 2.48. The van der Waals surface area contributed by atoms with Crippen LogP contribution in [0.4, 0.5) is 0 Å². The van der Waals surface area contributed by atoms with E-state index in [1.807, 2.05) is 0 Å². The van der Waals surface area contributed by atoms with Gasteiger partial charge in [0.25, 0.3) is 0 Å². The first kappa shape index (κ1) is 9.44. The molecule has 1 saturated carbocycles. The Morgan fingerprint density at radius 3 is 2.54 bits per heavy atom. The summed E-state index contributed by atoms with van der Waals surface area (Å²) in [6.07, 6.45) is 4.74. The summed E-state index contributed by atoms with van der Waals surface area (Å²) in [5.74, 6) is 0.359. The molecule has 2 rings (SSSR count). The van der Waals surface area contributed by atoms with Gasteiger partial charge in [0.1, 0.15) is 0 Å². The molecule has 2 fully saturated rings. The number of hydrogen-bond donors (Lipinski definition) is 3. The average Bonchev–Trinajstić information content (AvgIpc) is 2.47. The molecule has 3 nitrogen and oxygen atoms in total. The van der Waals surface area contributed by atoms with Crippen LogP contribution in [0.5, 0.6) is 0 Å². The zero-order valence-corrected chi connectivity index (χ0v) is 8.13. The fourth-order valence-corrected chi connectivity index (χ4v) is 3.03. The zero-order valence-electron chi connectivity index (χ0n) is 8.13. The third-order valence-corrected chi connectivity index (χ3v) is 4.06. The lowest BCUT2D eigenvalue weighted by Crippen LogP contribution is -2.47. The van der Waals surface area contributed by atoms with Crippen molar-refractivity contribution in [2.75, 3.05) is 19.7 Å². The van der Waals surface area contributed by atoms with Gasteiger partial charge < -0.3 is 16.2 Å². The number of rotatable bonds is 1. The molecule has 1 heterocycles. The van der Waals surface area contributed by atoms with Crippen molar-refractivity contribution < 1.29 is 5.11 Å². The van der Waals surface area contributed by atoms with Crippen LogP contribution in [0.15, 0.2) is 0 Å². The van der Waals surface area contributed by atoms with Gasteiger partial charge in [0.2, 0.25) is 0 Å². The van der Waals surface area contributed by atoms with Crippen LogP contribution < -0.4 is 11.1 Å². The van der Waals surface area contributed by atoms with Crippen LogP contribution in [0, 0.1) is 11.3 Å². The molecule has 1 aliphatic carbocycles. The molecule has 0 aromatic rings. The summed E-state index contributed by atoms with van der Waals surface area (Å²) in [6, 6.07) is 0.236. The van der Waals surface area contributed by atoms with Gasteiger partial charge >= 0.3 is 0 Å². The average molecular weight is 184 g/mol. The van der Waals surface area contributed by atoms with Crippen molar-refractivity contribution in [2.45, 2.75) is 31.7 Å². The highest BCUT2D eigenvalue weighted by Gasteiger charge is 2.46. The van der Waals surface area contributed by atoms with Gasteiger partial charge in [-0.2, -0.15) is 0 Å². The van der Waals surface area contributed by atoms with Crippen LogP contribution in [0.25, 0.3) is 0 Å². The van der Waals surface area contributed by atoms with E-state index in [1.165, 1.54) is 19.3 Å². The van der Waals surface area contributed by atoms with E-state index < -0.39 is 0 Å². The van der Waals surface area contributed by atoms with E-state index in [2.05, 4.69) is 5.32 Å². The predicted molar refractivity (Wildman–Crippen MR) is 52.3 cm³/mol. The highest BCUT2D eigenvalue weighted by atomic mass is 16.3. The van der Waals surface area contributed by atoms with Gasteiger partial charge in [0.15, 0.2) is 0 Å². The first-order chi connectivity index (χ1) is 6.28. The normalized spacial score (nSPS) is 38.3. The molecule has 4 N–H and O–H groups in total. The Morgan fingerprint density at radius 2 is 2.00 bits per heavy atom. The standard InChI is InChI=1S/C10H20N2O/c11-9-8(7-13)1-2-10(9)3-5-12-6-4-10/h8-9,12-13H,1-7,11H2. The number of hydrogen-bond acceptors (Lipinski definition) is 3. The lowest BCUT2D eigenvalue weighted by molar-refractivity contribution is 0.145. The van der Waals surface area contributed by atoms with Gasteiger partial charge in [0.05, 0.1) is 0 Å². The summed E-state index contributed by atoms with van der Waals surface area (Å²) < 4.78 is 0. The predicted octanol–water partition coefficient (Wildman–Crippen LogP) is 0.0858. The summed E-state index contributed by atoms with van der Waals surface area (Å²) in [4.78, 5) is 0. The van der Waals surface area contributed by atoms with Gasteiger partial charge in [-0.25, -0.2) is 0 Å². The summed E-state index contributed by atoms with van der Waals surface area (Å²) in [5, 5.41) is 12.5. The van der Waals surface area contributed by atoms with Crippen LogP contribution in [-0.4, -0.2) is 30.8 Å². The molecule has 13 heavy (non-hydrogen) atoms. The van der Waals surface area contributed by atoms with Crippen molar-refractivity contribution >= 4 is 0 Å². The Morgan fingerprint density at radius 1 is 1.31 bits per heavy atom. The third-order valence-electron chi connectivity index (χ3n) is 4.06. The Bertz CT molecular complexity index is 178. The number of aliphatic hydroxyl groups excluding tert-OH is 1. The molecule has 1 spiro atoms. The van der Waals surface area contributed by atoms with E-state index >= 15 is 0 Å². The van der Waals surface area contributed by atoms with Gasteiger partial charge in [-0.3, -0.25) is 0 Å². The van der Waals surface area contributed by atoms with Crippen LogP contribution in [0.3, 0.4) is 0 Å². The molecule has 2 aliphatic rings. The van der Waals surface area contributed by atoms with Gasteiger partial charge in [-0.1, -0.05) is 0 Å². The quantitative estimate of drug-likeness (QED) is 0.541. The lowest BCUT2D eigenvalue weighted by Gasteiger charge is -2.38. The highest BCUT2D eigenvalue weighted by molar-refractivity contribution is 5.01. The summed E-state index contributed by atoms with van der Waals surface area (Å²) in [5.41, 5.74) is 6.57. The fourth-order valence-electron chi connectivity index (χ4n) is 3.03. The minimum absolute atomic E-state index is 0.236. The van der Waals surface area contributed by atoms with Crippen molar-refractivity contribution in [3.63, 3.8) is 0 Å². The molecule has 2 unspecified atom stereocenters. The SMILES string of the molecule is NC1C(CO)CCC12CCNCC2. The molecule has 1 aliphatic heterocycles. The van der Waals surface area contributed by atoms with Crippen molar-refractivity contribution in [3.8, 4) is 0 Å². The van der Waals surface area contributed by atoms with Gasteiger partial charge in [0, 0.05) is 12.6 Å². The van der Waals surface area contributed by atoms with E-state index in [1.54, 1.807) is 0 Å². The number of nitrogens with one attached hydrogen (secondary N) is 1. The van der Waals surface area contributed by atoms with E-state index in [0.717, 1.165) is 19.5 Å². The second-order valence-corrected chi connectivity index (χ2v) is 4.62. The largest absolute Gasteiger partial charge is 0.396 e. The zero-order chi connectivity index (χ0) is 9.31. The van der Waals surface area contributed by atoms with Crippen molar-refractivity contribution in [1.29, 1.82) is 0 Å². The molecule has 0 bridgehead atoms. The van der Waals surface area contributed by atoms with Crippen LogP contribution in [0.1, 0.15) is 25.7 Å². The second kappa shape index (κ2) is 3.56. The molecule has 1 saturated heterocycles. The van der Waals surface area contributed by atoms with Gasteiger partial charge in [-0.15, -0.1) is 0 Å². The first-order valence-corrected chi connectivity index (χ1v) is 5.36. The maximum Gasteiger partial charge on any atom is 0.0474 e. The molecule has 0 aromatic heterocycles. The van der Waals surface area contributed by atoms with Crippen LogP contribution in [-0.2, 0) is 0 Å².